The minimum absolute atomic E-state index is 0.151. The van der Waals surface area contributed by atoms with Crippen LogP contribution in [0.4, 0.5) is 0 Å². The molecule has 3 rings (SSSR count). The lowest BCUT2D eigenvalue weighted by atomic mass is 10.1. The Morgan fingerprint density at radius 2 is 2.24 bits per heavy atom. The average molecular weight is 321 g/mol. The average Bonchev–Trinajstić information content (AvgIpc) is 2.90. The number of carbonyl (C=O) groups is 1. The highest BCUT2D eigenvalue weighted by atomic mass is 31.2. The molecule has 5 atom stereocenters. The van der Waals surface area contributed by atoms with Crippen molar-refractivity contribution < 1.29 is 38.3 Å². The van der Waals surface area contributed by atoms with E-state index in [1.54, 1.807) is 0 Å². The predicted octanol–water partition coefficient (Wildman–Crippen LogP) is -1.47. The molecule has 116 valence electrons. The zero-order valence-corrected chi connectivity index (χ0v) is 11.3. The van der Waals surface area contributed by atoms with Crippen LogP contribution in [0.3, 0.4) is 0 Å². The summed E-state index contributed by atoms with van der Waals surface area (Å²) in [7, 11) is -4.24. The maximum Gasteiger partial charge on any atom is 0.472 e. The molecule has 3 heterocycles. The van der Waals surface area contributed by atoms with Gasteiger partial charge in [0.1, 0.15) is 30.1 Å². The Hall–Kier alpha value is -1.49. The molecule has 2 aliphatic rings. The molecule has 0 bridgehead atoms. The Bertz CT molecular complexity index is 633. The fourth-order valence-electron chi connectivity index (χ4n) is 2.30. The van der Waals surface area contributed by atoms with Gasteiger partial charge < -0.3 is 25.6 Å². The molecule has 6 N–H and O–H groups in total. The number of H-pyrrole nitrogens is 1. The number of phosphoric ester groups is 1. The van der Waals surface area contributed by atoms with Gasteiger partial charge in [-0.15, -0.1) is 0 Å². The van der Waals surface area contributed by atoms with E-state index in [2.05, 4.69) is 14.7 Å². The monoisotopic (exact) mass is 321 g/mol. The van der Waals surface area contributed by atoms with E-state index in [9.17, 15) is 24.5 Å². The summed E-state index contributed by atoms with van der Waals surface area (Å²) in [5, 5.41) is 25.9. The van der Waals surface area contributed by atoms with Crippen LogP contribution in [0.2, 0.25) is 0 Å². The van der Waals surface area contributed by atoms with Crippen LogP contribution < -0.4 is 5.73 Å². The molecule has 0 aromatic carbocycles. The number of carbonyl (C=O) groups excluding carboxylic acids is 1. The topological polar surface area (TPSA) is 177 Å². The third kappa shape index (κ3) is 2.33. The van der Waals surface area contributed by atoms with E-state index in [1.165, 1.54) is 0 Å². The van der Waals surface area contributed by atoms with E-state index < -0.39 is 43.9 Å². The van der Waals surface area contributed by atoms with Crippen molar-refractivity contribution in [1.29, 1.82) is 0 Å². The van der Waals surface area contributed by atoms with E-state index in [0.29, 0.717) is 0 Å². The number of aromatic hydroxyl groups is 1. The molecule has 0 aliphatic carbocycles. The molecule has 1 aromatic heterocycles. The molecule has 3 unspecified atom stereocenters. The van der Waals surface area contributed by atoms with E-state index in [-0.39, 0.29) is 18.0 Å². The SMILES string of the molecule is NC(=O)c1[nH]nc(C2OC3COP(=O)(O)O[C@@H]3[C@@H]2O)c1O. The summed E-state index contributed by atoms with van der Waals surface area (Å²) >= 11 is 0. The molecule has 2 aliphatic heterocycles. The number of amides is 1. The lowest BCUT2D eigenvalue weighted by Crippen LogP contribution is -2.38. The van der Waals surface area contributed by atoms with Crippen LogP contribution in [0.15, 0.2) is 0 Å². The molecule has 2 fully saturated rings. The van der Waals surface area contributed by atoms with Crippen molar-refractivity contribution in [2.24, 2.45) is 5.73 Å². The largest absolute Gasteiger partial charge is 0.504 e. The first-order valence-corrected chi connectivity index (χ1v) is 7.36. The summed E-state index contributed by atoms with van der Waals surface area (Å²) in [6.07, 6.45) is -4.47. The van der Waals surface area contributed by atoms with Crippen LogP contribution in [0, 0.1) is 0 Å². The Labute approximate surface area is 117 Å². The van der Waals surface area contributed by atoms with Crippen LogP contribution in [-0.4, -0.2) is 56.1 Å². The number of hydrogen-bond donors (Lipinski definition) is 5. The maximum absolute atomic E-state index is 11.3. The normalized spacial score (nSPS) is 39.1. The summed E-state index contributed by atoms with van der Waals surface area (Å²) < 4.78 is 26.1. The highest BCUT2D eigenvalue weighted by Gasteiger charge is 2.53. The van der Waals surface area contributed by atoms with Gasteiger partial charge in [-0.3, -0.25) is 18.9 Å². The third-order valence-corrected chi connectivity index (χ3v) is 4.26. The number of fused-ring (bicyclic) bond motifs is 1. The number of phosphoric acid groups is 1. The molecule has 0 saturated carbocycles. The maximum atomic E-state index is 11.3. The third-order valence-electron chi connectivity index (χ3n) is 3.27. The van der Waals surface area contributed by atoms with Crippen molar-refractivity contribution >= 4 is 13.7 Å². The van der Waals surface area contributed by atoms with Gasteiger partial charge in [-0.25, -0.2) is 4.57 Å². The van der Waals surface area contributed by atoms with Gasteiger partial charge in [-0.1, -0.05) is 0 Å². The first kappa shape index (κ1) is 14.4. The minimum atomic E-state index is -4.24. The number of aliphatic hydroxyl groups excluding tert-OH is 1. The summed E-state index contributed by atoms with van der Waals surface area (Å²) in [4.78, 5) is 20.3. The van der Waals surface area contributed by atoms with E-state index in [4.69, 9.17) is 15.0 Å². The summed E-state index contributed by atoms with van der Waals surface area (Å²) in [5.41, 5.74) is 4.54. The Morgan fingerprint density at radius 3 is 2.86 bits per heavy atom. The first-order chi connectivity index (χ1) is 9.80. The van der Waals surface area contributed by atoms with Gasteiger partial charge in [0, 0.05) is 0 Å². The van der Waals surface area contributed by atoms with Crippen LogP contribution >= 0.6 is 7.82 Å². The molecule has 2 saturated heterocycles. The van der Waals surface area contributed by atoms with Crippen molar-refractivity contribution in [3.05, 3.63) is 11.4 Å². The van der Waals surface area contributed by atoms with Crippen molar-refractivity contribution in [2.45, 2.75) is 24.4 Å². The second-order valence-corrected chi connectivity index (χ2v) is 6.02. The summed E-state index contributed by atoms with van der Waals surface area (Å²) in [6.45, 7) is -0.264. The molecule has 1 aromatic rings. The number of aromatic amines is 1. The number of aliphatic hydroxyl groups is 1. The Balaban J connectivity index is 1.88. The number of nitrogens with zero attached hydrogens (tertiary/aromatic N) is 1. The fraction of sp³-hybridized carbons (Fsp3) is 0.556. The lowest BCUT2D eigenvalue weighted by molar-refractivity contribution is -0.0552. The number of aromatic nitrogens is 2. The van der Waals surface area contributed by atoms with Gasteiger partial charge >= 0.3 is 7.82 Å². The smallest absolute Gasteiger partial charge is 0.472 e. The number of nitrogens with two attached hydrogens (primary N) is 1. The highest BCUT2D eigenvalue weighted by molar-refractivity contribution is 7.47. The van der Waals surface area contributed by atoms with Crippen LogP contribution in [0.5, 0.6) is 5.75 Å². The number of ether oxygens (including phenoxy) is 1. The Kier molecular flexibility index (Phi) is 3.28. The van der Waals surface area contributed by atoms with Gasteiger partial charge in [0.15, 0.2) is 11.4 Å². The lowest BCUT2D eigenvalue weighted by Gasteiger charge is -2.28. The number of primary amides is 1. The summed E-state index contributed by atoms with van der Waals surface area (Å²) in [6, 6.07) is 0. The molecule has 0 radical (unpaired) electrons. The number of rotatable bonds is 2. The van der Waals surface area contributed by atoms with Crippen molar-refractivity contribution in [2.75, 3.05) is 6.61 Å². The van der Waals surface area contributed by atoms with Crippen LogP contribution in [0.1, 0.15) is 22.3 Å². The zero-order valence-electron chi connectivity index (χ0n) is 10.4. The van der Waals surface area contributed by atoms with Gasteiger partial charge in [0.2, 0.25) is 0 Å². The van der Waals surface area contributed by atoms with E-state index in [0.717, 1.165) is 0 Å². The van der Waals surface area contributed by atoms with Gasteiger partial charge in [0.25, 0.3) is 5.91 Å². The first-order valence-electron chi connectivity index (χ1n) is 5.86. The predicted molar refractivity (Wildman–Crippen MR) is 63.0 cm³/mol. The molecular weight excluding hydrogens is 309 g/mol. The second-order valence-electron chi connectivity index (χ2n) is 4.62. The molecule has 11 nitrogen and oxygen atoms in total. The van der Waals surface area contributed by atoms with Crippen LogP contribution in [0.25, 0.3) is 0 Å². The van der Waals surface area contributed by atoms with Crippen LogP contribution in [-0.2, 0) is 18.3 Å². The second kappa shape index (κ2) is 4.77. The quantitative estimate of drug-likeness (QED) is 0.407. The Morgan fingerprint density at radius 1 is 1.52 bits per heavy atom. The standard InChI is InChI=1S/C9H12N3O8P/c10-9(15)4-5(13)3(11-12-4)8-6(14)7-2(19-8)1-18-21(16,17)20-7/h2,6-8,13-14H,1H2,(H2,10,15)(H,11,12)(H,16,17)/t2?,6-,7-,8?/m0/s1. The van der Waals surface area contributed by atoms with Crippen molar-refractivity contribution in [3.8, 4) is 5.75 Å². The fourth-order valence-corrected chi connectivity index (χ4v) is 3.27. The van der Waals surface area contributed by atoms with Gasteiger partial charge in [0.05, 0.1) is 6.61 Å². The molecule has 0 spiro atoms. The van der Waals surface area contributed by atoms with E-state index in [1.807, 2.05) is 0 Å². The van der Waals surface area contributed by atoms with Gasteiger partial charge in [-0.05, 0) is 0 Å². The number of hydrogen-bond acceptors (Lipinski definition) is 8. The van der Waals surface area contributed by atoms with Crippen molar-refractivity contribution in [3.63, 3.8) is 0 Å². The summed E-state index contributed by atoms with van der Waals surface area (Å²) in [5.74, 6) is -1.49. The molecule has 21 heavy (non-hydrogen) atoms. The highest BCUT2D eigenvalue weighted by Crippen LogP contribution is 2.53. The number of nitrogens with one attached hydrogen (secondary N) is 1. The minimum Gasteiger partial charge on any atom is -0.504 e. The van der Waals surface area contributed by atoms with E-state index >= 15 is 0 Å². The molecule has 12 heteroatoms. The molecular formula is C9H12N3O8P. The zero-order chi connectivity index (χ0) is 15.4. The van der Waals surface area contributed by atoms with Crippen molar-refractivity contribution in [1.82, 2.24) is 10.2 Å². The van der Waals surface area contributed by atoms with Gasteiger partial charge in [-0.2, -0.15) is 5.10 Å². The molecule has 1 amide bonds.